The molecule has 0 radical (unpaired) electrons. The predicted molar refractivity (Wildman–Crippen MR) is 62.4 cm³/mol. The maximum absolute atomic E-state index is 5.62. The van der Waals surface area contributed by atoms with Gasteiger partial charge in [-0.15, -0.1) is 0 Å². The Bertz CT molecular complexity index is 506. The molecule has 1 atom stereocenters. The van der Waals surface area contributed by atoms with Crippen LogP contribution in [0.3, 0.4) is 0 Å². The lowest BCUT2D eigenvalue weighted by Crippen LogP contribution is -2.16. The van der Waals surface area contributed by atoms with E-state index in [0.29, 0.717) is 16.7 Å². The molecule has 6 heteroatoms. The van der Waals surface area contributed by atoms with Gasteiger partial charge in [0.2, 0.25) is 0 Å². The van der Waals surface area contributed by atoms with Crippen LogP contribution < -0.4 is 5.73 Å². The molecule has 1 aliphatic rings. The Morgan fingerprint density at radius 1 is 1.44 bits per heavy atom. The van der Waals surface area contributed by atoms with E-state index in [1.54, 1.807) is 6.20 Å². The molecule has 1 unspecified atom stereocenters. The third kappa shape index (κ3) is 1.74. The highest BCUT2D eigenvalue weighted by molar-refractivity contribution is 7.21. The number of nitrogens with zero attached hydrogens (tertiary/aromatic N) is 3. The van der Waals surface area contributed by atoms with Crippen LogP contribution in [0.4, 0.5) is 5.13 Å². The molecule has 3 rings (SSSR count). The summed E-state index contributed by atoms with van der Waals surface area (Å²) >= 11 is 1.38. The first-order valence-corrected chi connectivity index (χ1v) is 6.11. The fourth-order valence-corrected chi connectivity index (χ4v) is 2.59. The van der Waals surface area contributed by atoms with E-state index in [1.165, 1.54) is 11.3 Å². The van der Waals surface area contributed by atoms with E-state index in [1.807, 2.05) is 0 Å². The van der Waals surface area contributed by atoms with Crippen LogP contribution in [0, 0.1) is 0 Å². The second kappa shape index (κ2) is 3.95. The minimum atomic E-state index is 0.369. The number of thiazole rings is 1. The van der Waals surface area contributed by atoms with Crippen LogP contribution in [0.25, 0.3) is 10.5 Å². The Hall–Kier alpha value is -1.27. The highest BCUT2D eigenvalue weighted by atomic mass is 32.1. The zero-order valence-electron chi connectivity index (χ0n) is 8.72. The van der Waals surface area contributed by atoms with Crippen molar-refractivity contribution in [3.63, 3.8) is 0 Å². The first kappa shape index (κ1) is 9.92. The molecule has 0 saturated carbocycles. The number of hydrogen-bond acceptors (Lipinski definition) is 6. The molecule has 5 nitrogen and oxygen atoms in total. The van der Waals surface area contributed by atoms with E-state index in [2.05, 4.69) is 15.0 Å². The molecule has 1 fully saturated rings. The van der Waals surface area contributed by atoms with E-state index in [4.69, 9.17) is 10.5 Å². The number of anilines is 1. The van der Waals surface area contributed by atoms with Gasteiger partial charge in [0.15, 0.2) is 15.6 Å². The Kier molecular flexibility index (Phi) is 2.45. The molecule has 1 saturated heterocycles. The molecule has 2 aromatic heterocycles. The first-order valence-electron chi connectivity index (χ1n) is 5.29. The van der Waals surface area contributed by atoms with E-state index in [0.717, 1.165) is 36.6 Å². The smallest absolute Gasteiger partial charge is 0.191 e. The summed E-state index contributed by atoms with van der Waals surface area (Å²) in [6, 6.07) is 0. The lowest BCUT2D eigenvalue weighted by atomic mass is 9.99. The summed E-state index contributed by atoms with van der Waals surface area (Å²) in [4.78, 5) is 13.7. The molecular weight excluding hydrogens is 224 g/mol. The monoisotopic (exact) mass is 236 g/mol. The summed E-state index contributed by atoms with van der Waals surface area (Å²) < 4.78 is 5.45. The maximum Gasteiger partial charge on any atom is 0.191 e. The van der Waals surface area contributed by atoms with Gasteiger partial charge in [0.1, 0.15) is 0 Å². The molecule has 2 aromatic rings. The minimum absolute atomic E-state index is 0.369. The molecule has 0 amide bonds. The highest BCUT2D eigenvalue weighted by Crippen LogP contribution is 2.26. The number of hydrogen-bond donors (Lipinski definition) is 1. The van der Waals surface area contributed by atoms with Crippen molar-refractivity contribution in [1.29, 1.82) is 0 Å². The summed E-state index contributed by atoms with van der Waals surface area (Å²) in [5.74, 6) is 0.369. The van der Waals surface area contributed by atoms with Crippen LogP contribution in [0.15, 0.2) is 6.20 Å². The van der Waals surface area contributed by atoms with E-state index in [9.17, 15) is 0 Å². The standard InChI is InChI=1S/C10H12N4OS/c11-10-14-8-9(16-10)13-7(4-12-8)6-2-1-3-15-5-6/h4,6H,1-3,5H2,(H2,11,12,14). The van der Waals surface area contributed by atoms with Gasteiger partial charge in [-0.3, -0.25) is 0 Å². The van der Waals surface area contributed by atoms with E-state index >= 15 is 0 Å². The van der Waals surface area contributed by atoms with Gasteiger partial charge in [-0.2, -0.15) is 4.98 Å². The van der Waals surface area contributed by atoms with Crippen LogP contribution >= 0.6 is 11.3 Å². The average molecular weight is 236 g/mol. The molecule has 0 spiro atoms. The van der Waals surface area contributed by atoms with Gasteiger partial charge in [-0.25, -0.2) is 9.97 Å². The number of rotatable bonds is 1. The highest BCUT2D eigenvalue weighted by Gasteiger charge is 2.18. The number of ether oxygens (including phenoxy) is 1. The van der Waals surface area contributed by atoms with Crippen molar-refractivity contribution in [2.24, 2.45) is 0 Å². The van der Waals surface area contributed by atoms with E-state index in [-0.39, 0.29) is 0 Å². The summed E-state index contributed by atoms with van der Waals surface area (Å²) in [6.07, 6.45) is 4.00. The number of nitrogen functional groups attached to an aromatic ring is 1. The van der Waals surface area contributed by atoms with Crippen LogP contribution in [-0.4, -0.2) is 28.2 Å². The van der Waals surface area contributed by atoms with Crippen molar-refractivity contribution in [3.05, 3.63) is 11.9 Å². The zero-order valence-corrected chi connectivity index (χ0v) is 9.54. The SMILES string of the molecule is Nc1nc2ncc(C3CCCOC3)nc2s1. The van der Waals surface area contributed by atoms with Gasteiger partial charge in [-0.05, 0) is 12.8 Å². The summed E-state index contributed by atoms with van der Waals surface area (Å²) in [5.41, 5.74) is 7.26. The summed E-state index contributed by atoms with van der Waals surface area (Å²) in [6.45, 7) is 1.61. The molecule has 16 heavy (non-hydrogen) atoms. The second-order valence-electron chi connectivity index (χ2n) is 3.89. The van der Waals surface area contributed by atoms with Crippen molar-refractivity contribution in [2.45, 2.75) is 18.8 Å². The second-order valence-corrected chi connectivity index (χ2v) is 4.90. The van der Waals surface area contributed by atoms with Gasteiger partial charge in [0.05, 0.1) is 18.5 Å². The molecule has 2 N–H and O–H groups in total. The number of fused-ring (bicyclic) bond motifs is 1. The minimum Gasteiger partial charge on any atom is -0.381 e. The van der Waals surface area contributed by atoms with E-state index < -0.39 is 0 Å². The predicted octanol–water partition coefficient (Wildman–Crippen LogP) is 1.56. The molecule has 0 bridgehead atoms. The largest absolute Gasteiger partial charge is 0.381 e. The summed E-state index contributed by atoms with van der Waals surface area (Å²) in [7, 11) is 0. The Morgan fingerprint density at radius 3 is 3.19 bits per heavy atom. The van der Waals surface area contributed by atoms with Crippen LogP contribution in [0.1, 0.15) is 24.5 Å². The Balaban J connectivity index is 1.97. The first-order chi connectivity index (χ1) is 7.83. The van der Waals surface area contributed by atoms with Crippen molar-refractivity contribution < 1.29 is 4.74 Å². The fraction of sp³-hybridized carbons (Fsp3) is 0.500. The lowest BCUT2D eigenvalue weighted by Gasteiger charge is -2.20. The quantitative estimate of drug-likeness (QED) is 0.813. The van der Waals surface area contributed by atoms with Crippen molar-refractivity contribution in [2.75, 3.05) is 18.9 Å². The third-order valence-electron chi connectivity index (χ3n) is 2.74. The molecular formula is C10H12N4OS. The number of nitrogens with two attached hydrogens (primary N) is 1. The maximum atomic E-state index is 5.62. The topological polar surface area (TPSA) is 73.9 Å². The van der Waals surface area contributed by atoms with Gasteiger partial charge < -0.3 is 10.5 Å². The van der Waals surface area contributed by atoms with Crippen molar-refractivity contribution in [1.82, 2.24) is 15.0 Å². The Morgan fingerprint density at radius 2 is 2.38 bits per heavy atom. The normalized spacial score (nSPS) is 21.4. The van der Waals surface area contributed by atoms with Gasteiger partial charge >= 0.3 is 0 Å². The Labute approximate surface area is 96.7 Å². The van der Waals surface area contributed by atoms with Crippen LogP contribution in [0.5, 0.6) is 0 Å². The zero-order chi connectivity index (χ0) is 11.0. The average Bonchev–Trinajstić information content (AvgIpc) is 2.69. The lowest BCUT2D eigenvalue weighted by molar-refractivity contribution is 0.0793. The molecule has 0 aromatic carbocycles. The van der Waals surface area contributed by atoms with Crippen molar-refractivity contribution >= 4 is 26.9 Å². The third-order valence-corrected chi connectivity index (χ3v) is 3.50. The summed E-state index contributed by atoms with van der Waals surface area (Å²) in [5, 5.41) is 0.520. The van der Waals surface area contributed by atoms with Crippen molar-refractivity contribution in [3.8, 4) is 0 Å². The van der Waals surface area contributed by atoms with Crippen LogP contribution in [-0.2, 0) is 4.74 Å². The molecule has 1 aliphatic heterocycles. The fourth-order valence-electron chi connectivity index (χ4n) is 1.92. The number of aromatic nitrogens is 3. The van der Waals surface area contributed by atoms with Crippen LogP contribution in [0.2, 0.25) is 0 Å². The molecule has 0 aliphatic carbocycles. The molecule has 3 heterocycles. The molecule has 84 valence electrons. The van der Waals surface area contributed by atoms with Gasteiger partial charge in [0.25, 0.3) is 0 Å². The van der Waals surface area contributed by atoms with Gasteiger partial charge in [0, 0.05) is 12.5 Å². The van der Waals surface area contributed by atoms with Gasteiger partial charge in [-0.1, -0.05) is 11.3 Å².